The SMILES string of the molecule is O=C(O)c1ccc(Cn2cc(Br)c(=O)[nH]c2=O)cc1F. The van der Waals surface area contributed by atoms with E-state index in [1.807, 2.05) is 0 Å². The van der Waals surface area contributed by atoms with Gasteiger partial charge in [0, 0.05) is 6.20 Å². The Morgan fingerprint density at radius 2 is 2.10 bits per heavy atom. The first kappa shape index (κ1) is 14.2. The summed E-state index contributed by atoms with van der Waals surface area (Å²) in [6.07, 6.45) is 1.28. The topological polar surface area (TPSA) is 92.2 Å². The van der Waals surface area contributed by atoms with Gasteiger partial charge in [-0.3, -0.25) is 14.3 Å². The van der Waals surface area contributed by atoms with E-state index >= 15 is 0 Å². The van der Waals surface area contributed by atoms with Gasteiger partial charge in [0.1, 0.15) is 5.82 Å². The van der Waals surface area contributed by atoms with Gasteiger partial charge >= 0.3 is 11.7 Å². The van der Waals surface area contributed by atoms with Crippen molar-refractivity contribution < 1.29 is 14.3 Å². The number of carboxylic acids is 1. The van der Waals surface area contributed by atoms with Gasteiger partial charge in [-0.05, 0) is 33.6 Å². The second-order valence-electron chi connectivity index (χ2n) is 3.98. The average Bonchev–Trinajstić information content (AvgIpc) is 2.35. The summed E-state index contributed by atoms with van der Waals surface area (Å²) in [4.78, 5) is 35.5. The van der Waals surface area contributed by atoms with E-state index in [1.165, 1.54) is 16.8 Å². The van der Waals surface area contributed by atoms with E-state index in [4.69, 9.17) is 5.11 Å². The lowest BCUT2D eigenvalue weighted by atomic mass is 10.1. The smallest absolute Gasteiger partial charge is 0.338 e. The molecule has 0 unspecified atom stereocenters. The number of aromatic amines is 1. The lowest BCUT2D eigenvalue weighted by Gasteiger charge is -2.06. The Labute approximate surface area is 119 Å². The highest BCUT2D eigenvalue weighted by Gasteiger charge is 2.11. The van der Waals surface area contributed by atoms with E-state index in [9.17, 15) is 18.8 Å². The van der Waals surface area contributed by atoms with Crippen molar-refractivity contribution in [3.8, 4) is 0 Å². The molecule has 104 valence electrons. The summed E-state index contributed by atoms with van der Waals surface area (Å²) in [5.74, 6) is -2.25. The van der Waals surface area contributed by atoms with Crippen LogP contribution in [0.2, 0.25) is 0 Å². The molecule has 0 saturated carbocycles. The summed E-state index contributed by atoms with van der Waals surface area (Å²) in [7, 11) is 0. The maximum atomic E-state index is 13.5. The molecule has 0 saturated heterocycles. The van der Waals surface area contributed by atoms with Crippen molar-refractivity contribution in [1.82, 2.24) is 9.55 Å². The number of aromatic nitrogens is 2. The summed E-state index contributed by atoms with van der Waals surface area (Å²) in [5, 5.41) is 8.72. The highest BCUT2D eigenvalue weighted by Crippen LogP contribution is 2.11. The van der Waals surface area contributed by atoms with Gasteiger partial charge in [-0.1, -0.05) is 6.07 Å². The number of carbonyl (C=O) groups is 1. The van der Waals surface area contributed by atoms with Gasteiger partial charge in [0.25, 0.3) is 5.56 Å². The number of aromatic carboxylic acids is 1. The van der Waals surface area contributed by atoms with Crippen LogP contribution in [0.5, 0.6) is 0 Å². The van der Waals surface area contributed by atoms with Crippen LogP contribution >= 0.6 is 15.9 Å². The van der Waals surface area contributed by atoms with Gasteiger partial charge in [0.05, 0.1) is 16.6 Å². The highest BCUT2D eigenvalue weighted by atomic mass is 79.9. The number of H-pyrrole nitrogens is 1. The highest BCUT2D eigenvalue weighted by molar-refractivity contribution is 9.10. The Morgan fingerprint density at radius 1 is 1.40 bits per heavy atom. The molecule has 1 aromatic carbocycles. The molecule has 8 heteroatoms. The fraction of sp³-hybridized carbons (Fsp3) is 0.0833. The Morgan fingerprint density at radius 3 is 2.70 bits per heavy atom. The Bertz CT molecular complexity index is 797. The standard InChI is InChI=1S/C12H8BrFN2O4/c13-8-5-16(12(20)15-10(8)17)4-6-1-2-7(11(18)19)9(14)3-6/h1-3,5H,4H2,(H,18,19)(H,15,17,20). The number of hydrogen-bond donors (Lipinski definition) is 2. The molecule has 0 aliphatic carbocycles. The van der Waals surface area contributed by atoms with E-state index in [0.717, 1.165) is 12.1 Å². The van der Waals surface area contributed by atoms with E-state index in [0.29, 0.717) is 5.56 Å². The number of benzene rings is 1. The zero-order valence-electron chi connectivity index (χ0n) is 9.89. The van der Waals surface area contributed by atoms with Gasteiger partial charge < -0.3 is 5.11 Å². The average molecular weight is 343 g/mol. The van der Waals surface area contributed by atoms with Crippen molar-refractivity contribution in [2.24, 2.45) is 0 Å². The summed E-state index contributed by atoms with van der Waals surface area (Å²) in [6.45, 7) is 0.00499. The number of nitrogens with zero attached hydrogens (tertiary/aromatic N) is 1. The van der Waals surface area contributed by atoms with Crippen molar-refractivity contribution >= 4 is 21.9 Å². The molecule has 2 rings (SSSR count). The van der Waals surface area contributed by atoms with Gasteiger partial charge in [-0.25, -0.2) is 14.0 Å². The van der Waals surface area contributed by atoms with Crippen LogP contribution in [0.1, 0.15) is 15.9 Å². The largest absolute Gasteiger partial charge is 0.478 e. The molecule has 0 amide bonds. The quantitative estimate of drug-likeness (QED) is 0.876. The van der Waals surface area contributed by atoms with Crippen LogP contribution < -0.4 is 11.2 Å². The van der Waals surface area contributed by atoms with Gasteiger partial charge in [-0.2, -0.15) is 0 Å². The molecule has 1 heterocycles. The minimum absolute atomic E-state index is 0.00499. The molecule has 2 N–H and O–H groups in total. The molecule has 2 aromatic rings. The van der Waals surface area contributed by atoms with Gasteiger partial charge in [0.15, 0.2) is 0 Å². The first-order valence-electron chi connectivity index (χ1n) is 5.39. The molecule has 20 heavy (non-hydrogen) atoms. The molecular formula is C12H8BrFN2O4. The van der Waals surface area contributed by atoms with Crippen molar-refractivity contribution in [3.05, 3.63) is 66.7 Å². The van der Waals surface area contributed by atoms with Crippen LogP contribution in [0.4, 0.5) is 4.39 Å². The van der Waals surface area contributed by atoms with Crippen LogP contribution in [0.25, 0.3) is 0 Å². The van der Waals surface area contributed by atoms with E-state index < -0.39 is 28.6 Å². The number of hydrogen-bond acceptors (Lipinski definition) is 3. The van der Waals surface area contributed by atoms with Crippen molar-refractivity contribution in [2.75, 3.05) is 0 Å². The van der Waals surface area contributed by atoms with Gasteiger partial charge in [0.2, 0.25) is 0 Å². The molecule has 0 fully saturated rings. The Balaban J connectivity index is 2.38. The third-order valence-corrected chi connectivity index (χ3v) is 3.15. The zero-order valence-corrected chi connectivity index (χ0v) is 11.5. The molecule has 0 radical (unpaired) electrons. The van der Waals surface area contributed by atoms with Crippen LogP contribution in [0, 0.1) is 5.82 Å². The zero-order chi connectivity index (χ0) is 14.9. The molecule has 6 nitrogen and oxygen atoms in total. The third-order valence-electron chi connectivity index (χ3n) is 2.58. The first-order valence-corrected chi connectivity index (χ1v) is 6.19. The minimum atomic E-state index is -1.36. The molecule has 1 aromatic heterocycles. The van der Waals surface area contributed by atoms with E-state index in [2.05, 4.69) is 20.9 Å². The number of nitrogens with one attached hydrogen (secondary N) is 1. The molecule has 0 aliphatic heterocycles. The first-order chi connectivity index (χ1) is 9.38. The van der Waals surface area contributed by atoms with Crippen LogP contribution in [0.3, 0.4) is 0 Å². The summed E-state index contributed by atoms with van der Waals surface area (Å²) < 4.78 is 14.8. The second-order valence-corrected chi connectivity index (χ2v) is 4.84. The maximum Gasteiger partial charge on any atom is 0.338 e. The van der Waals surface area contributed by atoms with Crippen LogP contribution in [-0.4, -0.2) is 20.6 Å². The molecule has 0 atom stereocenters. The minimum Gasteiger partial charge on any atom is -0.478 e. The van der Waals surface area contributed by atoms with Crippen molar-refractivity contribution in [2.45, 2.75) is 6.54 Å². The molecular weight excluding hydrogens is 335 g/mol. The summed E-state index contributed by atoms with van der Waals surface area (Å²) in [6, 6.07) is 3.56. The molecule has 0 bridgehead atoms. The van der Waals surface area contributed by atoms with Crippen LogP contribution in [-0.2, 0) is 6.54 Å². The van der Waals surface area contributed by atoms with Crippen LogP contribution in [0.15, 0.2) is 38.5 Å². The number of rotatable bonds is 3. The fourth-order valence-electron chi connectivity index (χ4n) is 1.63. The Hall–Kier alpha value is -2.22. The summed E-state index contributed by atoms with van der Waals surface area (Å²) >= 11 is 2.98. The lowest BCUT2D eigenvalue weighted by Crippen LogP contribution is -2.30. The van der Waals surface area contributed by atoms with Crippen molar-refractivity contribution in [1.29, 1.82) is 0 Å². The third kappa shape index (κ3) is 2.85. The second kappa shape index (κ2) is 5.41. The maximum absolute atomic E-state index is 13.5. The lowest BCUT2D eigenvalue weighted by molar-refractivity contribution is 0.0692. The normalized spacial score (nSPS) is 10.5. The van der Waals surface area contributed by atoms with Gasteiger partial charge in [-0.15, -0.1) is 0 Å². The van der Waals surface area contributed by atoms with Crippen molar-refractivity contribution in [3.63, 3.8) is 0 Å². The molecule has 0 spiro atoms. The predicted octanol–water partition coefficient (Wildman–Crippen LogP) is 1.18. The van der Waals surface area contributed by atoms with E-state index in [1.54, 1.807) is 0 Å². The monoisotopic (exact) mass is 342 g/mol. The fourth-order valence-corrected chi connectivity index (χ4v) is 1.97. The van der Waals surface area contributed by atoms with E-state index in [-0.39, 0.29) is 11.0 Å². The molecule has 0 aliphatic rings. The summed E-state index contributed by atoms with van der Waals surface area (Å²) in [5.41, 5.74) is -1.24. The predicted molar refractivity (Wildman–Crippen MR) is 71.5 cm³/mol. The number of carboxylic acid groups (broad SMARTS) is 1. The number of halogens is 2. The Kier molecular flexibility index (Phi) is 3.84.